The summed E-state index contributed by atoms with van der Waals surface area (Å²) < 4.78 is 6.74. The van der Waals surface area contributed by atoms with E-state index in [0.717, 1.165) is 0 Å². The van der Waals surface area contributed by atoms with Gasteiger partial charge in [0.1, 0.15) is 17.1 Å². The molecular weight excluding hydrogens is 222 g/mol. The van der Waals surface area contributed by atoms with Crippen molar-refractivity contribution in [3.63, 3.8) is 0 Å². The summed E-state index contributed by atoms with van der Waals surface area (Å²) in [7, 11) is 0. The highest BCUT2D eigenvalue weighted by molar-refractivity contribution is 5.88. The van der Waals surface area contributed by atoms with Crippen LogP contribution in [-0.2, 0) is 6.54 Å². The van der Waals surface area contributed by atoms with Crippen LogP contribution in [0.25, 0.3) is 0 Å². The van der Waals surface area contributed by atoms with Crippen molar-refractivity contribution in [2.24, 2.45) is 0 Å². The lowest BCUT2D eigenvalue weighted by Gasteiger charge is -2.00. The van der Waals surface area contributed by atoms with Gasteiger partial charge < -0.3 is 14.1 Å². The zero-order valence-electron chi connectivity index (χ0n) is 9.21. The number of hydrogen-bond acceptors (Lipinski definition) is 3. The maximum Gasteiger partial charge on any atom is 0.339 e. The van der Waals surface area contributed by atoms with Crippen molar-refractivity contribution >= 4 is 5.97 Å². The molecule has 0 aliphatic heterocycles. The minimum atomic E-state index is -1.03. The lowest BCUT2D eigenvalue weighted by atomic mass is 10.2. The van der Waals surface area contributed by atoms with E-state index in [1.54, 1.807) is 25.3 Å². The van der Waals surface area contributed by atoms with Gasteiger partial charge in [-0.1, -0.05) is 6.07 Å². The van der Waals surface area contributed by atoms with Gasteiger partial charge in [0.15, 0.2) is 0 Å². The van der Waals surface area contributed by atoms with Gasteiger partial charge in [-0.05, 0) is 19.1 Å². The van der Waals surface area contributed by atoms with Crippen molar-refractivity contribution in [2.45, 2.75) is 13.5 Å². The molecule has 0 saturated carbocycles. The summed E-state index contributed by atoms with van der Waals surface area (Å²) in [5, 5.41) is 8.87. The second-order valence-corrected chi connectivity index (χ2v) is 3.65. The zero-order chi connectivity index (χ0) is 12.4. The lowest BCUT2D eigenvalue weighted by Crippen LogP contribution is -2.17. The van der Waals surface area contributed by atoms with Crippen molar-refractivity contribution in [2.75, 3.05) is 0 Å². The van der Waals surface area contributed by atoms with Crippen LogP contribution in [0.1, 0.15) is 21.9 Å². The van der Waals surface area contributed by atoms with Crippen LogP contribution < -0.4 is 5.56 Å². The van der Waals surface area contributed by atoms with E-state index in [2.05, 4.69) is 0 Å². The van der Waals surface area contributed by atoms with E-state index in [9.17, 15) is 9.59 Å². The molecule has 88 valence electrons. The zero-order valence-corrected chi connectivity index (χ0v) is 9.21. The Morgan fingerprint density at radius 1 is 1.47 bits per heavy atom. The van der Waals surface area contributed by atoms with Gasteiger partial charge in [-0.25, -0.2) is 4.79 Å². The summed E-state index contributed by atoms with van der Waals surface area (Å²) in [6, 6.07) is 6.26. The number of rotatable bonds is 3. The Labute approximate surface area is 96.9 Å². The van der Waals surface area contributed by atoms with E-state index in [4.69, 9.17) is 9.52 Å². The van der Waals surface area contributed by atoms with Gasteiger partial charge in [0.05, 0.1) is 6.54 Å². The van der Waals surface area contributed by atoms with Gasteiger partial charge in [-0.3, -0.25) is 4.79 Å². The molecule has 2 aromatic heterocycles. The van der Waals surface area contributed by atoms with Gasteiger partial charge >= 0.3 is 5.97 Å². The molecule has 2 heterocycles. The van der Waals surface area contributed by atoms with Crippen LogP contribution >= 0.6 is 0 Å². The molecule has 5 heteroatoms. The molecule has 0 aliphatic carbocycles. The fraction of sp³-hybridized carbons (Fsp3) is 0.167. The predicted octanol–water partition coefficient (Wildman–Crippen LogP) is 1.50. The summed E-state index contributed by atoms with van der Waals surface area (Å²) >= 11 is 0. The highest BCUT2D eigenvalue weighted by Gasteiger charge is 2.13. The second-order valence-electron chi connectivity index (χ2n) is 3.65. The summed E-state index contributed by atoms with van der Waals surface area (Å²) in [5.41, 5.74) is -0.0255. The predicted molar refractivity (Wildman–Crippen MR) is 60.2 cm³/mol. The summed E-state index contributed by atoms with van der Waals surface area (Å²) in [5.74, 6) is -0.234. The smallest absolute Gasteiger partial charge is 0.339 e. The molecule has 0 radical (unpaired) electrons. The molecule has 0 aromatic carbocycles. The van der Waals surface area contributed by atoms with Crippen LogP contribution in [-0.4, -0.2) is 15.6 Å². The number of hydrogen-bond donors (Lipinski definition) is 1. The minimum Gasteiger partial charge on any atom is -0.478 e. The first-order chi connectivity index (χ1) is 8.08. The van der Waals surface area contributed by atoms with Crippen LogP contribution in [0.15, 0.2) is 39.7 Å². The largest absolute Gasteiger partial charge is 0.478 e. The summed E-state index contributed by atoms with van der Waals surface area (Å²) in [4.78, 5) is 22.3. The van der Waals surface area contributed by atoms with Crippen molar-refractivity contribution in [3.05, 3.63) is 57.9 Å². The van der Waals surface area contributed by atoms with Gasteiger partial charge in [0, 0.05) is 12.3 Å². The molecule has 0 aliphatic rings. The SMILES string of the molecule is Cc1oc(Cn2ccccc2=O)cc1C(=O)O. The molecule has 0 unspecified atom stereocenters. The Hall–Kier alpha value is -2.30. The number of pyridine rings is 1. The van der Waals surface area contributed by atoms with Gasteiger partial charge in [0.2, 0.25) is 0 Å². The Bertz CT molecular complexity index is 609. The number of carbonyl (C=O) groups is 1. The molecule has 2 rings (SSSR count). The third-order valence-corrected chi connectivity index (χ3v) is 2.42. The monoisotopic (exact) mass is 233 g/mol. The van der Waals surface area contributed by atoms with Gasteiger partial charge in [0.25, 0.3) is 5.56 Å². The van der Waals surface area contributed by atoms with Crippen LogP contribution in [0.3, 0.4) is 0 Å². The van der Waals surface area contributed by atoms with E-state index in [1.807, 2.05) is 0 Å². The Morgan fingerprint density at radius 3 is 2.82 bits per heavy atom. The van der Waals surface area contributed by atoms with Crippen LogP contribution in [0.2, 0.25) is 0 Å². The number of nitrogens with zero attached hydrogens (tertiary/aromatic N) is 1. The lowest BCUT2D eigenvalue weighted by molar-refractivity contribution is 0.0695. The fourth-order valence-corrected chi connectivity index (χ4v) is 1.59. The highest BCUT2D eigenvalue weighted by Crippen LogP contribution is 2.15. The van der Waals surface area contributed by atoms with E-state index in [1.165, 1.54) is 16.7 Å². The summed E-state index contributed by atoms with van der Waals surface area (Å²) in [6.45, 7) is 1.81. The topological polar surface area (TPSA) is 72.4 Å². The first kappa shape index (κ1) is 11.2. The number of carboxylic acids is 1. The molecule has 0 atom stereocenters. The Balaban J connectivity index is 2.32. The van der Waals surface area contributed by atoms with E-state index < -0.39 is 5.97 Å². The quantitative estimate of drug-likeness (QED) is 0.871. The van der Waals surface area contributed by atoms with Crippen molar-refractivity contribution < 1.29 is 14.3 Å². The van der Waals surface area contributed by atoms with Crippen LogP contribution in [0.5, 0.6) is 0 Å². The van der Waals surface area contributed by atoms with Crippen molar-refractivity contribution in [1.82, 2.24) is 4.57 Å². The minimum absolute atomic E-state index is 0.129. The third-order valence-electron chi connectivity index (χ3n) is 2.42. The number of aromatic nitrogens is 1. The van der Waals surface area contributed by atoms with Crippen molar-refractivity contribution in [1.29, 1.82) is 0 Å². The molecule has 2 aromatic rings. The number of aryl methyl sites for hydroxylation is 1. The third kappa shape index (κ3) is 2.28. The first-order valence-corrected chi connectivity index (χ1v) is 5.06. The maximum atomic E-state index is 11.5. The molecule has 5 nitrogen and oxygen atoms in total. The number of furan rings is 1. The summed E-state index contributed by atoms with van der Waals surface area (Å²) in [6.07, 6.45) is 1.63. The van der Waals surface area contributed by atoms with Gasteiger partial charge in [-0.15, -0.1) is 0 Å². The Morgan fingerprint density at radius 2 is 2.24 bits per heavy atom. The molecule has 0 bridgehead atoms. The maximum absolute atomic E-state index is 11.5. The molecule has 0 fully saturated rings. The Kier molecular flexibility index (Phi) is 2.82. The molecule has 1 N–H and O–H groups in total. The van der Waals surface area contributed by atoms with Crippen LogP contribution in [0, 0.1) is 6.92 Å². The normalized spacial score (nSPS) is 10.4. The van der Waals surface area contributed by atoms with Crippen LogP contribution in [0.4, 0.5) is 0 Å². The fourth-order valence-electron chi connectivity index (χ4n) is 1.59. The molecule has 0 spiro atoms. The average Bonchev–Trinajstić information content (AvgIpc) is 2.63. The number of aromatic carboxylic acids is 1. The molecule has 0 saturated heterocycles. The van der Waals surface area contributed by atoms with E-state index in [0.29, 0.717) is 11.5 Å². The molecular formula is C12H11NO4. The number of carboxylic acid groups (broad SMARTS) is 1. The second kappa shape index (κ2) is 4.29. The van der Waals surface area contributed by atoms with Crippen molar-refractivity contribution in [3.8, 4) is 0 Å². The molecule has 17 heavy (non-hydrogen) atoms. The van der Waals surface area contributed by atoms with E-state index >= 15 is 0 Å². The standard InChI is InChI=1S/C12H11NO4/c1-8-10(12(15)16)6-9(17-8)7-13-5-3-2-4-11(13)14/h2-6H,7H2,1H3,(H,15,16). The first-order valence-electron chi connectivity index (χ1n) is 5.06. The average molecular weight is 233 g/mol. The van der Waals surface area contributed by atoms with E-state index in [-0.39, 0.29) is 17.7 Å². The highest BCUT2D eigenvalue weighted by atomic mass is 16.4. The van der Waals surface area contributed by atoms with Gasteiger partial charge in [-0.2, -0.15) is 0 Å². The molecule has 0 amide bonds.